The van der Waals surface area contributed by atoms with E-state index in [1.807, 2.05) is 24.3 Å². The number of carbonyl (C=O) groups excluding carboxylic acids is 1. The van der Waals surface area contributed by atoms with Crippen LogP contribution in [0.15, 0.2) is 24.3 Å². The molecule has 1 aromatic carbocycles. The molecule has 1 aliphatic rings. The largest absolute Gasteiger partial charge is 0.391 e. The Bertz CT molecular complexity index is 503. The van der Waals surface area contributed by atoms with E-state index in [2.05, 4.69) is 10.6 Å². The van der Waals surface area contributed by atoms with Crippen molar-refractivity contribution in [2.45, 2.75) is 37.2 Å². The Hall–Kier alpha value is -1.30. The standard InChI is InChI=1S/C17H25ClN2O3/c1-23-11-15(21)7-10-19-16(22)20-12-17(8-2-9-17)13-3-5-14(18)6-4-13/h3-6,15,21H,2,7-12H2,1H3,(H2,19,20,22). The van der Waals surface area contributed by atoms with E-state index in [1.165, 1.54) is 19.1 Å². The normalized spacial score (nSPS) is 17.2. The number of aliphatic hydroxyl groups is 1. The quantitative estimate of drug-likeness (QED) is 0.680. The highest BCUT2D eigenvalue weighted by Crippen LogP contribution is 2.43. The molecule has 1 unspecified atom stereocenters. The van der Waals surface area contributed by atoms with Gasteiger partial charge in [-0.2, -0.15) is 0 Å². The Morgan fingerprint density at radius 1 is 1.35 bits per heavy atom. The van der Waals surface area contributed by atoms with Crippen LogP contribution in [0.2, 0.25) is 5.02 Å². The maximum absolute atomic E-state index is 11.9. The highest BCUT2D eigenvalue weighted by Gasteiger charge is 2.38. The molecule has 0 spiro atoms. The van der Waals surface area contributed by atoms with Crippen LogP contribution in [0.5, 0.6) is 0 Å². The number of rotatable bonds is 8. The first-order valence-corrected chi connectivity index (χ1v) is 8.38. The minimum Gasteiger partial charge on any atom is -0.391 e. The Kier molecular flexibility index (Phi) is 6.69. The van der Waals surface area contributed by atoms with Crippen molar-refractivity contribution in [2.24, 2.45) is 0 Å². The Morgan fingerprint density at radius 2 is 2.04 bits per heavy atom. The average molecular weight is 341 g/mol. The molecule has 1 aromatic rings. The third-order valence-corrected chi connectivity index (χ3v) is 4.73. The predicted molar refractivity (Wildman–Crippen MR) is 90.9 cm³/mol. The fourth-order valence-electron chi connectivity index (χ4n) is 2.91. The number of halogens is 1. The molecule has 0 bridgehead atoms. The van der Waals surface area contributed by atoms with Gasteiger partial charge in [0.25, 0.3) is 0 Å². The fraction of sp³-hybridized carbons (Fsp3) is 0.588. The lowest BCUT2D eigenvalue weighted by Crippen LogP contribution is -2.48. The SMILES string of the molecule is COCC(O)CCNC(=O)NCC1(c2ccc(Cl)cc2)CCC1. The molecule has 128 valence electrons. The Labute approximate surface area is 142 Å². The summed E-state index contributed by atoms with van der Waals surface area (Å²) in [5.74, 6) is 0. The van der Waals surface area contributed by atoms with Crippen LogP contribution in [-0.4, -0.2) is 44.0 Å². The summed E-state index contributed by atoms with van der Waals surface area (Å²) in [6.45, 7) is 1.31. The summed E-state index contributed by atoms with van der Waals surface area (Å²) in [6.07, 6.45) is 3.24. The van der Waals surface area contributed by atoms with Crippen LogP contribution in [0.4, 0.5) is 4.79 Å². The highest BCUT2D eigenvalue weighted by molar-refractivity contribution is 6.30. The number of methoxy groups -OCH3 is 1. The zero-order valence-corrected chi connectivity index (χ0v) is 14.2. The molecule has 2 amide bonds. The van der Waals surface area contributed by atoms with E-state index in [9.17, 15) is 9.90 Å². The van der Waals surface area contributed by atoms with E-state index in [0.717, 1.165) is 17.9 Å². The summed E-state index contributed by atoms with van der Waals surface area (Å²) < 4.78 is 4.85. The average Bonchev–Trinajstić information content (AvgIpc) is 2.48. The van der Waals surface area contributed by atoms with Crippen LogP contribution in [0.25, 0.3) is 0 Å². The van der Waals surface area contributed by atoms with Gasteiger partial charge in [0.05, 0.1) is 12.7 Å². The van der Waals surface area contributed by atoms with Crippen molar-refractivity contribution in [3.8, 4) is 0 Å². The number of hydrogen-bond acceptors (Lipinski definition) is 3. The van der Waals surface area contributed by atoms with Crippen molar-refractivity contribution < 1.29 is 14.6 Å². The van der Waals surface area contributed by atoms with E-state index in [4.69, 9.17) is 16.3 Å². The zero-order valence-electron chi connectivity index (χ0n) is 13.5. The van der Waals surface area contributed by atoms with Gasteiger partial charge in [-0.1, -0.05) is 30.2 Å². The summed E-state index contributed by atoms with van der Waals surface area (Å²) in [7, 11) is 1.54. The molecule has 1 saturated carbocycles. The first kappa shape index (κ1) is 18.0. The van der Waals surface area contributed by atoms with Crippen LogP contribution in [-0.2, 0) is 10.2 Å². The second kappa shape index (κ2) is 8.52. The van der Waals surface area contributed by atoms with Crippen LogP contribution < -0.4 is 10.6 Å². The number of amides is 2. The van der Waals surface area contributed by atoms with Crippen LogP contribution in [0.1, 0.15) is 31.2 Å². The van der Waals surface area contributed by atoms with Crippen molar-refractivity contribution in [1.82, 2.24) is 10.6 Å². The van der Waals surface area contributed by atoms with Gasteiger partial charge in [-0.3, -0.25) is 0 Å². The van der Waals surface area contributed by atoms with Gasteiger partial charge in [-0.05, 0) is 37.0 Å². The predicted octanol–water partition coefficient (Wildman–Crippen LogP) is 2.46. The number of nitrogens with one attached hydrogen (secondary N) is 2. The molecule has 1 aliphatic carbocycles. The number of urea groups is 1. The maximum atomic E-state index is 11.9. The van der Waals surface area contributed by atoms with Gasteiger partial charge in [0.2, 0.25) is 0 Å². The summed E-state index contributed by atoms with van der Waals surface area (Å²) in [5.41, 5.74) is 1.25. The zero-order chi connectivity index (χ0) is 16.7. The summed E-state index contributed by atoms with van der Waals surface area (Å²) in [4.78, 5) is 11.9. The van der Waals surface area contributed by atoms with E-state index in [0.29, 0.717) is 19.5 Å². The molecule has 6 heteroatoms. The smallest absolute Gasteiger partial charge is 0.314 e. The van der Waals surface area contributed by atoms with Gasteiger partial charge in [0.1, 0.15) is 0 Å². The van der Waals surface area contributed by atoms with Crippen LogP contribution in [0.3, 0.4) is 0 Å². The third kappa shape index (κ3) is 5.09. The number of aliphatic hydroxyl groups excluding tert-OH is 1. The lowest BCUT2D eigenvalue weighted by molar-refractivity contribution is 0.0598. The highest BCUT2D eigenvalue weighted by atomic mass is 35.5. The molecule has 0 heterocycles. The minimum atomic E-state index is -0.549. The van der Waals surface area contributed by atoms with E-state index >= 15 is 0 Å². The second-order valence-electron chi connectivity index (χ2n) is 6.15. The third-order valence-electron chi connectivity index (χ3n) is 4.48. The van der Waals surface area contributed by atoms with Crippen molar-refractivity contribution >= 4 is 17.6 Å². The molecular formula is C17H25ClN2O3. The monoisotopic (exact) mass is 340 g/mol. The summed E-state index contributed by atoms with van der Waals surface area (Å²) in [5, 5.41) is 16.0. The first-order chi connectivity index (χ1) is 11.1. The van der Waals surface area contributed by atoms with E-state index in [1.54, 1.807) is 0 Å². The number of hydrogen-bond donors (Lipinski definition) is 3. The number of benzene rings is 1. The van der Waals surface area contributed by atoms with Crippen molar-refractivity contribution in [2.75, 3.05) is 26.8 Å². The van der Waals surface area contributed by atoms with Gasteiger partial charge < -0.3 is 20.5 Å². The van der Waals surface area contributed by atoms with Gasteiger partial charge in [0, 0.05) is 30.6 Å². The van der Waals surface area contributed by atoms with Crippen molar-refractivity contribution in [3.63, 3.8) is 0 Å². The molecule has 1 atom stereocenters. The fourth-order valence-corrected chi connectivity index (χ4v) is 3.04. The molecular weight excluding hydrogens is 316 g/mol. The summed E-state index contributed by atoms with van der Waals surface area (Å²) >= 11 is 5.95. The number of carbonyl (C=O) groups is 1. The molecule has 0 saturated heterocycles. The van der Waals surface area contributed by atoms with Gasteiger partial charge >= 0.3 is 6.03 Å². The topological polar surface area (TPSA) is 70.6 Å². The molecule has 0 aliphatic heterocycles. The van der Waals surface area contributed by atoms with Gasteiger partial charge in [-0.15, -0.1) is 0 Å². The molecule has 0 radical (unpaired) electrons. The summed E-state index contributed by atoms with van der Waals surface area (Å²) in [6, 6.07) is 7.68. The van der Waals surface area contributed by atoms with E-state index in [-0.39, 0.29) is 18.1 Å². The Morgan fingerprint density at radius 3 is 2.61 bits per heavy atom. The van der Waals surface area contributed by atoms with Crippen molar-refractivity contribution in [1.29, 1.82) is 0 Å². The maximum Gasteiger partial charge on any atom is 0.314 e. The minimum absolute atomic E-state index is 0.0253. The van der Waals surface area contributed by atoms with Gasteiger partial charge in [-0.25, -0.2) is 4.79 Å². The molecule has 1 fully saturated rings. The molecule has 0 aromatic heterocycles. The van der Waals surface area contributed by atoms with E-state index < -0.39 is 6.10 Å². The molecule has 23 heavy (non-hydrogen) atoms. The lowest BCUT2D eigenvalue weighted by atomic mass is 9.64. The molecule has 2 rings (SSSR count). The van der Waals surface area contributed by atoms with Crippen LogP contribution >= 0.6 is 11.6 Å². The second-order valence-corrected chi connectivity index (χ2v) is 6.58. The lowest BCUT2D eigenvalue weighted by Gasteiger charge is -2.42. The molecule has 3 N–H and O–H groups in total. The van der Waals surface area contributed by atoms with Crippen LogP contribution in [0, 0.1) is 0 Å². The first-order valence-electron chi connectivity index (χ1n) is 8.00. The Balaban J connectivity index is 1.77. The van der Waals surface area contributed by atoms with Gasteiger partial charge in [0.15, 0.2) is 0 Å². The number of ether oxygens (including phenoxy) is 1. The van der Waals surface area contributed by atoms with Crippen molar-refractivity contribution in [3.05, 3.63) is 34.9 Å². The molecule has 5 nitrogen and oxygen atoms in total.